The minimum Gasteiger partial charge on any atom is -0.469 e. The van der Waals surface area contributed by atoms with E-state index in [1.54, 1.807) is 11.2 Å². The number of aliphatic imine (C=N–C) groups is 1. The summed E-state index contributed by atoms with van der Waals surface area (Å²) in [6.45, 7) is 7.35. The highest BCUT2D eigenvalue weighted by Crippen LogP contribution is 2.11. The van der Waals surface area contributed by atoms with Gasteiger partial charge >= 0.3 is 6.09 Å². The van der Waals surface area contributed by atoms with Crippen molar-refractivity contribution in [3.8, 4) is 0 Å². The summed E-state index contributed by atoms with van der Waals surface area (Å²) >= 11 is 0. The van der Waals surface area contributed by atoms with Gasteiger partial charge in [0.15, 0.2) is 5.96 Å². The average Bonchev–Trinajstić information content (AvgIpc) is 3.13. The van der Waals surface area contributed by atoms with Gasteiger partial charge in [0, 0.05) is 38.6 Å². The Morgan fingerprint density at radius 1 is 1.38 bits per heavy atom. The Kier molecular flexibility index (Phi) is 11.1. The normalized spacial score (nSPS) is 15.3. The minimum absolute atomic E-state index is 0. The smallest absolute Gasteiger partial charge is 0.409 e. The Bertz CT molecular complexity index is 529. The Hall–Kier alpha value is -1.45. The van der Waals surface area contributed by atoms with Crippen molar-refractivity contribution in [1.82, 2.24) is 15.5 Å². The van der Waals surface area contributed by atoms with Gasteiger partial charge in [-0.25, -0.2) is 4.79 Å². The molecule has 2 N–H and O–H groups in total. The summed E-state index contributed by atoms with van der Waals surface area (Å²) < 4.78 is 10.4. The zero-order chi connectivity index (χ0) is 17.9. The lowest BCUT2D eigenvalue weighted by molar-refractivity contribution is 0.0963. The second kappa shape index (κ2) is 12.8. The van der Waals surface area contributed by atoms with Gasteiger partial charge < -0.3 is 24.7 Å². The molecule has 2 rings (SSSR count). The van der Waals surface area contributed by atoms with E-state index in [4.69, 9.17) is 9.15 Å². The molecule has 1 aromatic rings. The fourth-order valence-electron chi connectivity index (χ4n) is 2.75. The molecule has 0 saturated carbocycles. The van der Waals surface area contributed by atoms with Crippen LogP contribution in [0.5, 0.6) is 0 Å². The van der Waals surface area contributed by atoms with Gasteiger partial charge in [0.05, 0.1) is 12.9 Å². The van der Waals surface area contributed by atoms with E-state index in [0.717, 1.165) is 50.5 Å². The van der Waals surface area contributed by atoms with E-state index in [1.807, 2.05) is 19.1 Å². The fraction of sp³-hybridized carbons (Fsp3) is 0.667. The molecule has 7 nitrogen and oxygen atoms in total. The number of carbonyl (C=O) groups is 1. The maximum absolute atomic E-state index is 11.8. The van der Waals surface area contributed by atoms with Gasteiger partial charge in [-0.2, -0.15) is 0 Å². The number of nitrogens with one attached hydrogen (secondary N) is 2. The summed E-state index contributed by atoms with van der Waals surface area (Å²) in [5.74, 6) is 1.80. The van der Waals surface area contributed by atoms with Crippen LogP contribution in [-0.4, -0.2) is 55.8 Å². The van der Waals surface area contributed by atoms with Gasteiger partial charge in [-0.15, -0.1) is 24.0 Å². The average molecular weight is 478 g/mol. The third-order valence-electron chi connectivity index (χ3n) is 4.10. The number of rotatable bonds is 7. The third kappa shape index (κ3) is 7.84. The van der Waals surface area contributed by atoms with Gasteiger partial charge in [0.1, 0.15) is 5.76 Å². The standard InChI is InChI=1S/C18H30N4O3.HI/c1-3-10-19-17(20-11-7-16-6-5-14-25-16)21-15-8-12-22(13-9-15)18(23)24-4-2;/h5-6,14-15H,3-4,7-13H2,1-2H3,(H2,19,20,21);1H. The SMILES string of the molecule is CCCN=C(NCCc1ccco1)NC1CCN(C(=O)OCC)CC1.I. The number of ether oxygens (including phenoxy) is 1. The molecule has 0 aliphatic carbocycles. The van der Waals surface area contributed by atoms with E-state index < -0.39 is 0 Å². The van der Waals surface area contributed by atoms with Crippen LogP contribution < -0.4 is 10.6 Å². The first-order valence-corrected chi connectivity index (χ1v) is 9.21. The number of hydrogen-bond donors (Lipinski definition) is 2. The molecule has 148 valence electrons. The summed E-state index contributed by atoms with van der Waals surface area (Å²) in [5.41, 5.74) is 0. The van der Waals surface area contributed by atoms with E-state index in [2.05, 4.69) is 22.5 Å². The van der Waals surface area contributed by atoms with Crippen molar-refractivity contribution >= 4 is 36.0 Å². The lowest BCUT2D eigenvalue weighted by Gasteiger charge is -2.32. The summed E-state index contributed by atoms with van der Waals surface area (Å²) in [5, 5.41) is 6.86. The number of hydrogen-bond acceptors (Lipinski definition) is 4. The van der Waals surface area contributed by atoms with Crippen LogP contribution >= 0.6 is 24.0 Å². The van der Waals surface area contributed by atoms with Crippen LogP contribution in [0.4, 0.5) is 4.79 Å². The minimum atomic E-state index is -0.211. The van der Waals surface area contributed by atoms with Crippen LogP contribution in [0, 0.1) is 0 Å². The molecule has 0 aromatic carbocycles. The lowest BCUT2D eigenvalue weighted by Crippen LogP contribution is -2.50. The first kappa shape index (κ1) is 22.6. The number of carbonyl (C=O) groups excluding carboxylic acids is 1. The van der Waals surface area contributed by atoms with Gasteiger partial charge in [-0.1, -0.05) is 6.92 Å². The fourth-order valence-corrected chi connectivity index (χ4v) is 2.75. The number of amides is 1. The van der Waals surface area contributed by atoms with Gasteiger partial charge in [0.2, 0.25) is 0 Å². The van der Waals surface area contributed by atoms with Gasteiger partial charge in [-0.05, 0) is 38.3 Å². The number of likely N-dealkylation sites (tertiary alicyclic amines) is 1. The molecule has 8 heteroatoms. The molecule has 0 atom stereocenters. The second-order valence-corrected chi connectivity index (χ2v) is 6.09. The van der Waals surface area contributed by atoms with E-state index in [0.29, 0.717) is 25.7 Å². The zero-order valence-corrected chi connectivity index (χ0v) is 18.0. The Balaban J connectivity index is 0.00000338. The Morgan fingerprint density at radius 3 is 2.77 bits per heavy atom. The topological polar surface area (TPSA) is 79.1 Å². The van der Waals surface area contributed by atoms with Crippen LogP contribution in [0.25, 0.3) is 0 Å². The van der Waals surface area contributed by atoms with Crippen molar-refractivity contribution in [3.63, 3.8) is 0 Å². The predicted octanol–water partition coefficient (Wildman–Crippen LogP) is 3.01. The van der Waals surface area contributed by atoms with Gasteiger partial charge in [-0.3, -0.25) is 4.99 Å². The third-order valence-corrected chi connectivity index (χ3v) is 4.10. The number of piperidine rings is 1. The second-order valence-electron chi connectivity index (χ2n) is 6.09. The summed E-state index contributed by atoms with van der Waals surface area (Å²) in [6, 6.07) is 4.19. The molecule has 2 heterocycles. The van der Waals surface area contributed by atoms with Crippen molar-refractivity contribution in [1.29, 1.82) is 0 Å². The van der Waals surface area contributed by atoms with Crippen LogP contribution in [0.1, 0.15) is 38.9 Å². The summed E-state index contributed by atoms with van der Waals surface area (Å²) in [4.78, 5) is 18.1. The van der Waals surface area contributed by atoms with Crippen molar-refractivity contribution in [2.75, 3.05) is 32.8 Å². The highest BCUT2D eigenvalue weighted by Gasteiger charge is 2.24. The molecule has 1 aromatic heterocycles. The van der Waals surface area contributed by atoms with Crippen molar-refractivity contribution in [3.05, 3.63) is 24.2 Å². The van der Waals surface area contributed by atoms with E-state index in [9.17, 15) is 4.79 Å². The van der Waals surface area contributed by atoms with Crippen LogP contribution in [0.15, 0.2) is 27.8 Å². The van der Waals surface area contributed by atoms with Crippen molar-refractivity contribution in [2.24, 2.45) is 4.99 Å². The predicted molar refractivity (Wildman–Crippen MR) is 113 cm³/mol. The molecule has 0 radical (unpaired) electrons. The summed E-state index contributed by atoms with van der Waals surface area (Å²) in [7, 11) is 0. The number of nitrogens with zero attached hydrogens (tertiary/aromatic N) is 2. The molecular weight excluding hydrogens is 447 g/mol. The van der Waals surface area contributed by atoms with Crippen LogP contribution in [-0.2, 0) is 11.2 Å². The first-order chi connectivity index (χ1) is 12.2. The molecule has 1 fully saturated rings. The Labute approximate surface area is 173 Å². The lowest BCUT2D eigenvalue weighted by atomic mass is 10.1. The van der Waals surface area contributed by atoms with Crippen molar-refractivity contribution < 1.29 is 13.9 Å². The quantitative estimate of drug-likeness (QED) is 0.358. The molecular formula is C18H31IN4O3. The maximum atomic E-state index is 11.8. The van der Waals surface area contributed by atoms with Crippen LogP contribution in [0.3, 0.4) is 0 Å². The van der Waals surface area contributed by atoms with Gasteiger partial charge in [0.25, 0.3) is 0 Å². The molecule has 1 saturated heterocycles. The molecule has 0 unspecified atom stereocenters. The molecule has 0 bridgehead atoms. The summed E-state index contributed by atoms with van der Waals surface area (Å²) in [6.07, 6.45) is 5.09. The highest BCUT2D eigenvalue weighted by molar-refractivity contribution is 14.0. The molecule has 1 aliphatic rings. The van der Waals surface area contributed by atoms with Crippen LogP contribution in [0.2, 0.25) is 0 Å². The molecule has 1 amide bonds. The number of halogens is 1. The molecule has 26 heavy (non-hydrogen) atoms. The number of guanidine groups is 1. The maximum Gasteiger partial charge on any atom is 0.409 e. The number of furan rings is 1. The van der Waals surface area contributed by atoms with Crippen molar-refractivity contribution in [2.45, 2.75) is 45.6 Å². The van der Waals surface area contributed by atoms with E-state index in [-0.39, 0.29) is 30.1 Å². The largest absolute Gasteiger partial charge is 0.469 e. The molecule has 0 spiro atoms. The Morgan fingerprint density at radius 2 is 2.15 bits per heavy atom. The van der Waals surface area contributed by atoms with E-state index >= 15 is 0 Å². The zero-order valence-electron chi connectivity index (χ0n) is 15.7. The molecule has 1 aliphatic heterocycles. The highest BCUT2D eigenvalue weighted by atomic mass is 127. The first-order valence-electron chi connectivity index (χ1n) is 9.21. The van der Waals surface area contributed by atoms with E-state index in [1.165, 1.54) is 0 Å². The monoisotopic (exact) mass is 478 g/mol.